The normalized spacial score (nSPS) is 10.8. The van der Waals surface area contributed by atoms with Gasteiger partial charge in [0.25, 0.3) is 11.8 Å². The van der Waals surface area contributed by atoms with Gasteiger partial charge in [0.05, 0.1) is 18.3 Å². The minimum Gasteiger partial charge on any atom is -0.423 e. The number of hydrogen-bond donors (Lipinski definition) is 2. The van der Waals surface area contributed by atoms with Gasteiger partial charge in [-0.25, -0.2) is 14.6 Å². The average molecular weight is 469 g/mol. The molecule has 0 saturated heterocycles. The molecule has 0 heterocycles. The van der Waals surface area contributed by atoms with Crippen LogP contribution in [0.25, 0.3) is 10.8 Å². The van der Waals surface area contributed by atoms with Crippen LogP contribution < -0.4 is 15.5 Å². The van der Waals surface area contributed by atoms with Gasteiger partial charge >= 0.3 is 5.97 Å². The molecule has 2 amide bonds. The van der Waals surface area contributed by atoms with Crippen molar-refractivity contribution in [3.05, 3.63) is 114 Å². The number of rotatable bonds is 7. The van der Waals surface area contributed by atoms with E-state index in [9.17, 15) is 18.8 Å². The molecule has 7 nitrogen and oxygen atoms in total. The van der Waals surface area contributed by atoms with Crippen LogP contribution in [0.4, 0.5) is 4.39 Å². The number of fused-ring (bicyclic) bond motifs is 1. The first-order valence-electron chi connectivity index (χ1n) is 10.7. The Morgan fingerprint density at radius 3 is 2.31 bits per heavy atom. The second-order valence-corrected chi connectivity index (χ2v) is 7.44. The zero-order chi connectivity index (χ0) is 24.6. The maximum absolute atomic E-state index is 13.7. The van der Waals surface area contributed by atoms with Crippen molar-refractivity contribution < 1.29 is 23.5 Å². The summed E-state index contributed by atoms with van der Waals surface area (Å²) in [7, 11) is 0. The number of nitrogens with one attached hydrogen (secondary N) is 2. The van der Waals surface area contributed by atoms with Gasteiger partial charge in [0, 0.05) is 5.56 Å². The Kier molecular flexibility index (Phi) is 7.22. The molecule has 0 fully saturated rings. The van der Waals surface area contributed by atoms with Crippen LogP contribution in [0.2, 0.25) is 0 Å². The zero-order valence-corrected chi connectivity index (χ0v) is 18.4. The molecule has 2 N–H and O–H groups in total. The fourth-order valence-corrected chi connectivity index (χ4v) is 3.31. The highest BCUT2D eigenvalue weighted by atomic mass is 19.1. The smallest absolute Gasteiger partial charge is 0.346 e. The Morgan fingerprint density at radius 2 is 1.51 bits per heavy atom. The van der Waals surface area contributed by atoms with Crippen molar-refractivity contribution in [3.63, 3.8) is 0 Å². The molecule has 4 aromatic carbocycles. The van der Waals surface area contributed by atoms with E-state index < -0.39 is 17.7 Å². The molecule has 4 rings (SSSR count). The van der Waals surface area contributed by atoms with Crippen molar-refractivity contribution in [3.8, 4) is 5.75 Å². The second-order valence-electron chi connectivity index (χ2n) is 7.44. The summed E-state index contributed by atoms with van der Waals surface area (Å²) in [6, 6.07) is 24.7. The molecule has 35 heavy (non-hydrogen) atoms. The summed E-state index contributed by atoms with van der Waals surface area (Å²) in [5.41, 5.74) is 3.28. The third-order valence-corrected chi connectivity index (χ3v) is 5.03. The topological polar surface area (TPSA) is 96.9 Å². The van der Waals surface area contributed by atoms with E-state index in [1.54, 1.807) is 30.3 Å². The molecule has 0 aromatic heterocycles. The molecular formula is C27H20FN3O4. The number of ether oxygens (including phenoxy) is 1. The fraction of sp³-hybridized carbons (Fsp3) is 0.0370. The van der Waals surface area contributed by atoms with Crippen molar-refractivity contribution in [1.82, 2.24) is 10.7 Å². The number of halogens is 1. The Hall–Kier alpha value is -4.85. The predicted molar refractivity (Wildman–Crippen MR) is 130 cm³/mol. The Bertz CT molecular complexity index is 1410. The van der Waals surface area contributed by atoms with Crippen molar-refractivity contribution in [1.29, 1.82) is 0 Å². The molecule has 0 unspecified atom stereocenters. The Morgan fingerprint density at radius 1 is 0.829 bits per heavy atom. The molecule has 174 valence electrons. The predicted octanol–water partition coefficient (Wildman–Crippen LogP) is 4.08. The minimum atomic E-state index is -0.803. The van der Waals surface area contributed by atoms with Crippen LogP contribution in [0.3, 0.4) is 0 Å². The van der Waals surface area contributed by atoms with Crippen LogP contribution in [0.15, 0.2) is 96.1 Å². The van der Waals surface area contributed by atoms with E-state index >= 15 is 0 Å². The standard InChI is InChI=1S/C27H20FN3O4/c28-24-11-4-3-9-23(24)27(34)35-20-14-12-18(13-15-20)16-30-31-25(32)17-29-26(33)22-10-5-7-19-6-1-2-8-21(19)22/h1-16H,17H2,(H,29,33)(H,31,32)/b30-16+. The number of benzene rings is 4. The number of hydrazone groups is 1. The van der Waals surface area contributed by atoms with E-state index in [0.29, 0.717) is 11.1 Å². The van der Waals surface area contributed by atoms with E-state index in [1.165, 1.54) is 36.5 Å². The summed E-state index contributed by atoms with van der Waals surface area (Å²) in [5.74, 6) is -2.09. The van der Waals surface area contributed by atoms with Crippen LogP contribution in [0.5, 0.6) is 5.75 Å². The van der Waals surface area contributed by atoms with Gasteiger partial charge in [0.15, 0.2) is 0 Å². The first-order valence-corrected chi connectivity index (χ1v) is 10.7. The van der Waals surface area contributed by atoms with Crippen LogP contribution in [-0.4, -0.2) is 30.5 Å². The van der Waals surface area contributed by atoms with E-state index in [1.807, 2.05) is 30.3 Å². The van der Waals surface area contributed by atoms with Crippen molar-refractivity contribution >= 4 is 34.8 Å². The van der Waals surface area contributed by atoms with Gasteiger partial charge < -0.3 is 10.1 Å². The van der Waals surface area contributed by atoms with Gasteiger partial charge in [0.1, 0.15) is 11.6 Å². The molecule has 0 radical (unpaired) electrons. The molecule has 0 spiro atoms. The summed E-state index contributed by atoms with van der Waals surface area (Å²) in [6.45, 7) is -0.246. The van der Waals surface area contributed by atoms with Crippen molar-refractivity contribution in [2.75, 3.05) is 6.54 Å². The van der Waals surface area contributed by atoms with E-state index in [-0.39, 0.29) is 23.8 Å². The molecule has 0 bridgehead atoms. The number of carbonyl (C=O) groups excluding carboxylic acids is 3. The highest BCUT2D eigenvalue weighted by molar-refractivity contribution is 6.07. The van der Waals surface area contributed by atoms with Crippen molar-refractivity contribution in [2.24, 2.45) is 5.10 Å². The molecule has 0 atom stereocenters. The lowest BCUT2D eigenvalue weighted by molar-refractivity contribution is -0.120. The molecule has 4 aromatic rings. The zero-order valence-electron chi connectivity index (χ0n) is 18.4. The largest absolute Gasteiger partial charge is 0.423 e. The second kappa shape index (κ2) is 10.8. The highest BCUT2D eigenvalue weighted by Gasteiger charge is 2.13. The van der Waals surface area contributed by atoms with E-state index in [2.05, 4.69) is 15.8 Å². The Balaban J connectivity index is 1.26. The SMILES string of the molecule is O=C(CNC(=O)c1cccc2ccccc12)N/N=C/c1ccc(OC(=O)c2ccccc2F)cc1. The maximum Gasteiger partial charge on any atom is 0.346 e. The third kappa shape index (κ3) is 5.94. The lowest BCUT2D eigenvalue weighted by Crippen LogP contribution is -2.35. The number of carbonyl (C=O) groups is 3. The first kappa shape index (κ1) is 23.3. The quantitative estimate of drug-likeness (QED) is 0.185. The summed E-state index contributed by atoms with van der Waals surface area (Å²) >= 11 is 0. The van der Waals surface area contributed by atoms with Crippen molar-refractivity contribution in [2.45, 2.75) is 0 Å². The summed E-state index contributed by atoms with van der Waals surface area (Å²) in [6.07, 6.45) is 1.40. The minimum absolute atomic E-state index is 0.159. The highest BCUT2D eigenvalue weighted by Crippen LogP contribution is 2.18. The lowest BCUT2D eigenvalue weighted by atomic mass is 10.0. The lowest BCUT2D eigenvalue weighted by Gasteiger charge is -2.07. The third-order valence-electron chi connectivity index (χ3n) is 5.03. The number of amides is 2. The molecule has 0 saturated carbocycles. The van der Waals surface area contributed by atoms with Gasteiger partial charge in [-0.15, -0.1) is 0 Å². The summed E-state index contributed by atoms with van der Waals surface area (Å²) < 4.78 is 18.8. The number of nitrogens with zero attached hydrogens (tertiary/aromatic N) is 1. The monoisotopic (exact) mass is 469 g/mol. The van der Waals surface area contributed by atoms with Crippen LogP contribution in [0.1, 0.15) is 26.3 Å². The molecule has 8 heteroatoms. The molecule has 0 aliphatic carbocycles. The first-order chi connectivity index (χ1) is 17.0. The summed E-state index contributed by atoms with van der Waals surface area (Å²) in [5, 5.41) is 8.17. The molecule has 0 aliphatic rings. The number of hydrogen-bond acceptors (Lipinski definition) is 5. The van der Waals surface area contributed by atoms with Gasteiger partial charge in [-0.3, -0.25) is 9.59 Å². The molecular weight excluding hydrogens is 449 g/mol. The number of esters is 1. The maximum atomic E-state index is 13.7. The van der Waals surface area contributed by atoms with Crippen LogP contribution in [0, 0.1) is 5.82 Å². The van der Waals surface area contributed by atoms with Gasteiger partial charge in [-0.05, 0) is 58.8 Å². The average Bonchev–Trinajstić information content (AvgIpc) is 2.88. The van der Waals surface area contributed by atoms with Crippen LogP contribution in [-0.2, 0) is 4.79 Å². The van der Waals surface area contributed by atoms with Gasteiger partial charge in [-0.1, -0.05) is 48.5 Å². The summed E-state index contributed by atoms with van der Waals surface area (Å²) in [4.78, 5) is 36.6. The van der Waals surface area contributed by atoms with E-state index in [0.717, 1.165) is 10.8 Å². The van der Waals surface area contributed by atoms with Crippen LogP contribution >= 0.6 is 0 Å². The van der Waals surface area contributed by atoms with E-state index in [4.69, 9.17) is 4.74 Å². The Labute approximate surface area is 200 Å². The van der Waals surface area contributed by atoms with Gasteiger partial charge in [-0.2, -0.15) is 5.10 Å². The fourth-order valence-electron chi connectivity index (χ4n) is 3.31. The van der Waals surface area contributed by atoms with Gasteiger partial charge in [0.2, 0.25) is 0 Å². The molecule has 0 aliphatic heterocycles.